The molecule has 25 heavy (non-hydrogen) atoms. The van der Waals surface area contributed by atoms with Gasteiger partial charge in [0, 0.05) is 11.6 Å². The lowest BCUT2D eigenvalue weighted by Gasteiger charge is -2.08. The SMILES string of the molecule is COc1ccc(NC(=O)Cc2cnc3ccccc3c2)c([N+](=O)[O-])c1. The molecule has 0 aliphatic rings. The second kappa shape index (κ2) is 6.96. The number of anilines is 1. The van der Waals surface area contributed by atoms with Crippen molar-refractivity contribution in [3.63, 3.8) is 0 Å². The average Bonchev–Trinajstić information content (AvgIpc) is 2.61. The van der Waals surface area contributed by atoms with Crippen LogP contribution in [-0.4, -0.2) is 22.9 Å². The summed E-state index contributed by atoms with van der Waals surface area (Å²) in [4.78, 5) is 27.2. The van der Waals surface area contributed by atoms with Gasteiger partial charge in [-0.3, -0.25) is 19.9 Å². The van der Waals surface area contributed by atoms with Gasteiger partial charge in [0.25, 0.3) is 5.69 Å². The second-order valence-corrected chi connectivity index (χ2v) is 5.40. The normalized spacial score (nSPS) is 10.4. The highest BCUT2D eigenvalue weighted by atomic mass is 16.6. The first kappa shape index (κ1) is 16.4. The molecule has 3 rings (SSSR count). The van der Waals surface area contributed by atoms with Crippen molar-refractivity contribution in [3.05, 3.63) is 70.4 Å². The van der Waals surface area contributed by atoms with Gasteiger partial charge in [-0.1, -0.05) is 18.2 Å². The Bertz CT molecular complexity index is 956. The molecule has 7 heteroatoms. The number of carbonyl (C=O) groups excluding carboxylic acids is 1. The molecule has 1 heterocycles. The number of hydrogen-bond acceptors (Lipinski definition) is 5. The van der Waals surface area contributed by atoms with Gasteiger partial charge < -0.3 is 10.1 Å². The van der Waals surface area contributed by atoms with Gasteiger partial charge >= 0.3 is 0 Å². The number of amides is 1. The summed E-state index contributed by atoms with van der Waals surface area (Å²) < 4.78 is 4.98. The predicted octanol–water partition coefficient (Wildman–Crippen LogP) is 3.33. The van der Waals surface area contributed by atoms with E-state index >= 15 is 0 Å². The smallest absolute Gasteiger partial charge is 0.296 e. The van der Waals surface area contributed by atoms with Gasteiger partial charge in [-0.2, -0.15) is 0 Å². The van der Waals surface area contributed by atoms with E-state index in [1.165, 1.54) is 19.2 Å². The number of hydrogen-bond donors (Lipinski definition) is 1. The van der Waals surface area contributed by atoms with Crippen LogP contribution in [0.1, 0.15) is 5.56 Å². The Balaban J connectivity index is 1.78. The summed E-state index contributed by atoms with van der Waals surface area (Å²) in [6.07, 6.45) is 1.70. The van der Waals surface area contributed by atoms with Crippen LogP contribution in [0, 0.1) is 10.1 Å². The van der Waals surface area contributed by atoms with Crippen molar-refractivity contribution in [2.24, 2.45) is 0 Å². The fraction of sp³-hybridized carbons (Fsp3) is 0.111. The molecule has 0 unspecified atom stereocenters. The van der Waals surface area contributed by atoms with E-state index < -0.39 is 4.92 Å². The first-order valence-corrected chi connectivity index (χ1v) is 7.53. The van der Waals surface area contributed by atoms with Gasteiger partial charge in [0.2, 0.25) is 5.91 Å². The number of pyridine rings is 1. The lowest BCUT2D eigenvalue weighted by Crippen LogP contribution is -2.15. The summed E-state index contributed by atoms with van der Waals surface area (Å²) >= 11 is 0. The highest BCUT2D eigenvalue weighted by Crippen LogP contribution is 2.29. The van der Waals surface area contributed by atoms with Gasteiger partial charge in [0.05, 0.1) is 30.0 Å². The lowest BCUT2D eigenvalue weighted by atomic mass is 10.1. The number of ether oxygens (including phenoxy) is 1. The molecule has 0 spiro atoms. The molecule has 0 aliphatic carbocycles. The molecule has 2 aromatic carbocycles. The van der Waals surface area contributed by atoms with Gasteiger partial charge in [0.1, 0.15) is 11.4 Å². The van der Waals surface area contributed by atoms with E-state index in [4.69, 9.17) is 4.74 Å². The van der Waals surface area contributed by atoms with E-state index in [1.54, 1.807) is 12.3 Å². The minimum atomic E-state index is -0.560. The van der Waals surface area contributed by atoms with Crippen LogP contribution in [-0.2, 0) is 11.2 Å². The summed E-state index contributed by atoms with van der Waals surface area (Å²) in [6, 6.07) is 13.8. The third-order valence-electron chi connectivity index (χ3n) is 3.69. The first-order valence-electron chi connectivity index (χ1n) is 7.53. The first-order chi connectivity index (χ1) is 12.1. The summed E-state index contributed by atoms with van der Waals surface area (Å²) in [5, 5.41) is 14.7. The molecule has 0 saturated carbocycles. The van der Waals surface area contributed by atoms with Crippen LogP contribution in [0.4, 0.5) is 11.4 Å². The number of nitro benzene ring substituents is 1. The van der Waals surface area contributed by atoms with Crippen molar-refractivity contribution in [3.8, 4) is 5.75 Å². The zero-order valence-electron chi connectivity index (χ0n) is 13.4. The molecule has 1 amide bonds. The lowest BCUT2D eigenvalue weighted by molar-refractivity contribution is -0.384. The molecule has 1 N–H and O–H groups in total. The van der Waals surface area contributed by atoms with E-state index in [2.05, 4.69) is 10.3 Å². The fourth-order valence-electron chi connectivity index (χ4n) is 2.49. The summed E-state index contributed by atoms with van der Waals surface area (Å²) in [7, 11) is 1.42. The highest BCUT2D eigenvalue weighted by Gasteiger charge is 2.17. The monoisotopic (exact) mass is 337 g/mol. The van der Waals surface area contributed by atoms with Crippen molar-refractivity contribution < 1.29 is 14.5 Å². The summed E-state index contributed by atoms with van der Waals surface area (Å²) in [5.74, 6) is -0.00576. The van der Waals surface area contributed by atoms with E-state index in [-0.39, 0.29) is 23.7 Å². The Morgan fingerprint density at radius 3 is 2.80 bits per heavy atom. The molecular formula is C18H15N3O4. The molecule has 0 saturated heterocycles. The summed E-state index contributed by atoms with van der Waals surface area (Å²) in [5.41, 5.74) is 1.48. The minimum absolute atomic E-state index is 0.0705. The van der Waals surface area contributed by atoms with E-state index in [9.17, 15) is 14.9 Å². The number of methoxy groups -OCH3 is 1. The molecule has 1 aromatic heterocycles. The number of carbonyl (C=O) groups is 1. The molecule has 126 valence electrons. The van der Waals surface area contributed by atoms with Crippen molar-refractivity contribution in [1.82, 2.24) is 4.98 Å². The quantitative estimate of drug-likeness (QED) is 0.569. The molecule has 0 aliphatic heterocycles. The molecule has 0 atom stereocenters. The van der Waals surface area contributed by atoms with Crippen LogP contribution in [0.3, 0.4) is 0 Å². The topological polar surface area (TPSA) is 94.4 Å². The maximum absolute atomic E-state index is 12.3. The maximum atomic E-state index is 12.3. The molecule has 3 aromatic rings. The number of fused-ring (bicyclic) bond motifs is 1. The Labute approximate surface area is 143 Å². The highest BCUT2D eigenvalue weighted by molar-refractivity contribution is 5.95. The predicted molar refractivity (Wildman–Crippen MR) is 93.7 cm³/mol. The van der Waals surface area contributed by atoms with Crippen molar-refractivity contribution in [1.29, 1.82) is 0 Å². The fourth-order valence-corrected chi connectivity index (χ4v) is 2.49. The minimum Gasteiger partial charge on any atom is -0.496 e. The van der Waals surface area contributed by atoms with Crippen molar-refractivity contribution >= 4 is 28.2 Å². The van der Waals surface area contributed by atoms with E-state index in [0.29, 0.717) is 5.75 Å². The summed E-state index contributed by atoms with van der Waals surface area (Å²) in [6.45, 7) is 0. The van der Waals surface area contributed by atoms with Gasteiger partial charge in [-0.25, -0.2) is 0 Å². The maximum Gasteiger partial charge on any atom is 0.296 e. The zero-order valence-corrected chi connectivity index (χ0v) is 13.4. The molecule has 7 nitrogen and oxygen atoms in total. The van der Waals surface area contributed by atoms with Gasteiger partial charge in [-0.05, 0) is 29.8 Å². The molecule has 0 bridgehead atoms. The van der Waals surface area contributed by atoms with Crippen LogP contribution in [0.25, 0.3) is 10.9 Å². The van der Waals surface area contributed by atoms with Crippen LogP contribution < -0.4 is 10.1 Å². The number of nitrogens with zero attached hydrogens (tertiary/aromatic N) is 2. The third-order valence-corrected chi connectivity index (χ3v) is 3.69. The number of nitrogens with one attached hydrogen (secondary N) is 1. The van der Waals surface area contributed by atoms with Crippen LogP contribution >= 0.6 is 0 Å². The zero-order chi connectivity index (χ0) is 17.8. The average molecular weight is 337 g/mol. The Kier molecular flexibility index (Phi) is 4.56. The number of nitro groups is 1. The number of benzene rings is 2. The Morgan fingerprint density at radius 1 is 1.24 bits per heavy atom. The van der Waals surface area contributed by atoms with Crippen LogP contribution in [0.2, 0.25) is 0 Å². The van der Waals surface area contributed by atoms with Gasteiger partial charge in [0.15, 0.2) is 0 Å². The van der Waals surface area contributed by atoms with Crippen molar-refractivity contribution in [2.45, 2.75) is 6.42 Å². The number of rotatable bonds is 5. The van der Waals surface area contributed by atoms with Crippen LogP contribution in [0.5, 0.6) is 5.75 Å². The molecule has 0 radical (unpaired) electrons. The third kappa shape index (κ3) is 3.72. The number of aromatic nitrogens is 1. The van der Waals surface area contributed by atoms with E-state index in [1.807, 2.05) is 30.3 Å². The van der Waals surface area contributed by atoms with E-state index in [0.717, 1.165) is 16.5 Å². The Morgan fingerprint density at radius 2 is 2.04 bits per heavy atom. The Hall–Kier alpha value is -3.48. The largest absolute Gasteiger partial charge is 0.496 e. The van der Waals surface area contributed by atoms with Crippen molar-refractivity contribution in [2.75, 3.05) is 12.4 Å². The molecular weight excluding hydrogens is 322 g/mol. The van der Waals surface area contributed by atoms with Gasteiger partial charge in [-0.15, -0.1) is 0 Å². The second-order valence-electron chi connectivity index (χ2n) is 5.40. The molecule has 0 fully saturated rings. The number of para-hydroxylation sites is 1. The standard InChI is InChI=1S/C18H15N3O4/c1-25-14-6-7-16(17(10-14)21(23)24)20-18(22)9-12-8-13-4-2-3-5-15(13)19-11-12/h2-8,10-11H,9H2,1H3,(H,20,22). The van der Waals surface area contributed by atoms with Crippen LogP contribution in [0.15, 0.2) is 54.7 Å².